The summed E-state index contributed by atoms with van der Waals surface area (Å²) in [5.41, 5.74) is 3.96. The Kier molecular flexibility index (Phi) is 5.07. The van der Waals surface area contributed by atoms with Crippen LogP contribution >= 0.6 is 0 Å². The molecule has 3 aromatic rings. The summed E-state index contributed by atoms with van der Waals surface area (Å²) >= 11 is 0. The fourth-order valence-electron chi connectivity index (χ4n) is 2.80. The van der Waals surface area contributed by atoms with E-state index in [1.54, 1.807) is 18.5 Å². The summed E-state index contributed by atoms with van der Waals surface area (Å²) in [6.07, 6.45) is 3.44. The van der Waals surface area contributed by atoms with E-state index >= 15 is 0 Å². The summed E-state index contributed by atoms with van der Waals surface area (Å²) in [4.78, 5) is 10.5. The van der Waals surface area contributed by atoms with Gasteiger partial charge in [0, 0.05) is 32.4 Å². The van der Waals surface area contributed by atoms with Gasteiger partial charge in [-0.05, 0) is 55.7 Å². The van der Waals surface area contributed by atoms with Crippen molar-refractivity contribution in [2.75, 3.05) is 18.5 Å². The van der Waals surface area contributed by atoms with Crippen LogP contribution in [0.4, 0.5) is 10.2 Å². The van der Waals surface area contributed by atoms with Crippen molar-refractivity contribution in [3.8, 4) is 11.3 Å². The lowest BCUT2D eigenvalue weighted by molar-refractivity contribution is 0.628. The molecule has 1 aromatic carbocycles. The lowest BCUT2D eigenvalue weighted by Crippen LogP contribution is -2.20. The SMILES string of the molecule is Cc1cc(N(C)CCCc2cc(-c3ccc(F)cc3)n(C)n2)ncn1. The second-order valence-electron chi connectivity index (χ2n) is 6.19. The zero-order valence-corrected chi connectivity index (χ0v) is 14.8. The molecule has 0 saturated heterocycles. The van der Waals surface area contributed by atoms with Crippen LogP contribution in [0.1, 0.15) is 17.8 Å². The lowest BCUT2D eigenvalue weighted by Gasteiger charge is -2.17. The van der Waals surface area contributed by atoms with Crippen LogP contribution in [0.3, 0.4) is 0 Å². The van der Waals surface area contributed by atoms with Gasteiger partial charge in [-0.15, -0.1) is 0 Å². The van der Waals surface area contributed by atoms with Gasteiger partial charge in [0.15, 0.2) is 0 Å². The number of rotatable bonds is 6. The van der Waals surface area contributed by atoms with Crippen molar-refractivity contribution in [1.29, 1.82) is 0 Å². The van der Waals surface area contributed by atoms with Crippen molar-refractivity contribution in [2.45, 2.75) is 19.8 Å². The number of aromatic nitrogens is 4. The van der Waals surface area contributed by atoms with E-state index in [0.717, 1.165) is 47.8 Å². The second kappa shape index (κ2) is 7.42. The summed E-state index contributed by atoms with van der Waals surface area (Å²) < 4.78 is 14.9. The molecule has 25 heavy (non-hydrogen) atoms. The van der Waals surface area contributed by atoms with Crippen LogP contribution in [0.15, 0.2) is 42.7 Å². The smallest absolute Gasteiger partial charge is 0.131 e. The zero-order chi connectivity index (χ0) is 17.8. The molecule has 130 valence electrons. The molecule has 0 saturated carbocycles. The van der Waals surface area contributed by atoms with Gasteiger partial charge in [0.1, 0.15) is 18.0 Å². The van der Waals surface area contributed by atoms with Crippen LogP contribution in [0.25, 0.3) is 11.3 Å². The first-order chi connectivity index (χ1) is 12.0. The van der Waals surface area contributed by atoms with Crippen LogP contribution in [-0.4, -0.2) is 33.3 Å². The Morgan fingerprint density at radius 3 is 2.60 bits per heavy atom. The van der Waals surface area contributed by atoms with E-state index in [2.05, 4.69) is 26.0 Å². The fraction of sp³-hybridized carbons (Fsp3) is 0.316. The average Bonchev–Trinajstić information content (AvgIpc) is 2.96. The molecule has 0 N–H and O–H groups in total. The predicted molar refractivity (Wildman–Crippen MR) is 97.0 cm³/mol. The molecule has 0 radical (unpaired) electrons. The minimum atomic E-state index is -0.228. The van der Waals surface area contributed by atoms with Gasteiger partial charge in [-0.3, -0.25) is 4.68 Å². The van der Waals surface area contributed by atoms with Crippen molar-refractivity contribution < 1.29 is 4.39 Å². The van der Waals surface area contributed by atoms with Crippen LogP contribution in [-0.2, 0) is 13.5 Å². The van der Waals surface area contributed by atoms with Gasteiger partial charge < -0.3 is 4.90 Å². The van der Waals surface area contributed by atoms with Gasteiger partial charge in [-0.1, -0.05) is 0 Å². The van der Waals surface area contributed by atoms with Gasteiger partial charge in [0.25, 0.3) is 0 Å². The normalized spacial score (nSPS) is 10.9. The molecule has 0 aliphatic carbocycles. The molecule has 0 unspecified atom stereocenters. The molecule has 0 amide bonds. The Morgan fingerprint density at radius 1 is 1.12 bits per heavy atom. The average molecular weight is 339 g/mol. The Morgan fingerprint density at radius 2 is 1.88 bits per heavy atom. The molecule has 6 heteroatoms. The van der Waals surface area contributed by atoms with Crippen LogP contribution in [0, 0.1) is 12.7 Å². The van der Waals surface area contributed by atoms with E-state index in [4.69, 9.17) is 0 Å². The van der Waals surface area contributed by atoms with Crippen LogP contribution in [0.5, 0.6) is 0 Å². The van der Waals surface area contributed by atoms with Gasteiger partial charge >= 0.3 is 0 Å². The highest BCUT2D eigenvalue weighted by Gasteiger charge is 2.09. The van der Waals surface area contributed by atoms with E-state index in [-0.39, 0.29) is 5.82 Å². The number of benzene rings is 1. The third kappa shape index (κ3) is 4.21. The molecule has 3 rings (SSSR count). The van der Waals surface area contributed by atoms with Crippen molar-refractivity contribution in [2.24, 2.45) is 7.05 Å². The Balaban J connectivity index is 1.60. The number of halogens is 1. The van der Waals surface area contributed by atoms with Crippen molar-refractivity contribution in [3.63, 3.8) is 0 Å². The molecular formula is C19H22FN5. The lowest BCUT2D eigenvalue weighted by atomic mass is 10.1. The molecule has 0 aliphatic rings. The minimum Gasteiger partial charge on any atom is -0.360 e. The molecule has 0 atom stereocenters. The summed E-state index contributed by atoms with van der Waals surface area (Å²) in [6, 6.07) is 10.6. The van der Waals surface area contributed by atoms with E-state index in [1.807, 2.05) is 31.8 Å². The number of anilines is 1. The number of hydrogen-bond acceptors (Lipinski definition) is 4. The van der Waals surface area contributed by atoms with E-state index in [9.17, 15) is 4.39 Å². The number of nitrogens with zero attached hydrogens (tertiary/aromatic N) is 5. The molecule has 0 spiro atoms. The minimum absolute atomic E-state index is 0.228. The molecule has 0 fully saturated rings. The highest BCUT2D eigenvalue weighted by molar-refractivity contribution is 5.59. The Labute approximate surface area is 147 Å². The fourth-order valence-corrected chi connectivity index (χ4v) is 2.80. The van der Waals surface area contributed by atoms with Crippen molar-refractivity contribution in [1.82, 2.24) is 19.7 Å². The molecule has 0 bridgehead atoms. The van der Waals surface area contributed by atoms with Gasteiger partial charge in [0.05, 0.1) is 11.4 Å². The summed E-state index contributed by atoms with van der Waals surface area (Å²) in [5, 5.41) is 4.57. The molecule has 2 aromatic heterocycles. The quantitative estimate of drug-likeness (QED) is 0.691. The third-order valence-electron chi connectivity index (χ3n) is 4.18. The van der Waals surface area contributed by atoms with E-state index < -0.39 is 0 Å². The summed E-state index contributed by atoms with van der Waals surface area (Å²) in [5.74, 6) is 0.703. The largest absolute Gasteiger partial charge is 0.360 e. The maximum absolute atomic E-state index is 13.1. The molecule has 5 nitrogen and oxygen atoms in total. The first-order valence-corrected chi connectivity index (χ1v) is 8.31. The van der Waals surface area contributed by atoms with Crippen molar-refractivity contribution in [3.05, 3.63) is 59.9 Å². The zero-order valence-electron chi connectivity index (χ0n) is 14.8. The first-order valence-electron chi connectivity index (χ1n) is 8.31. The predicted octanol–water partition coefficient (Wildman–Crippen LogP) is 3.39. The number of aryl methyl sites for hydroxylation is 3. The van der Waals surface area contributed by atoms with E-state index in [1.165, 1.54) is 12.1 Å². The molecule has 2 heterocycles. The van der Waals surface area contributed by atoms with Gasteiger partial charge in [0.2, 0.25) is 0 Å². The topological polar surface area (TPSA) is 46.8 Å². The second-order valence-corrected chi connectivity index (χ2v) is 6.19. The van der Waals surface area contributed by atoms with Crippen LogP contribution in [0.2, 0.25) is 0 Å². The van der Waals surface area contributed by atoms with Gasteiger partial charge in [-0.2, -0.15) is 5.10 Å². The summed E-state index contributed by atoms with van der Waals surface area (Å²) in [7, 11) is 3.95. The highest BCUT2D eigenvalue weighted by Crippen LogP contribution is 2.21. The monoisotopic (exact) mass is 339 g/mol. The highest BCUT2D eigenvalue weighted by atomic mass is 19.1. The first kappa shape index (κ1) is 17.1. The maximum Gasteiger partial charge on any atom is 0.131 e. The van der Waals surface area contributed by atoms with Crippen LogP contribution < -0.4 is 4.90 Å². The number of hydrogen-bond donors (Lipinski definition) is 0. The third-order valence-corrected chi connectivity index (χ3v) is 4.18. The summed E-state index contributed by atoms with van der Waals surface area (Å²) in [6.45, 7) is 2.85. The molecule has 0 aliphatic heterocycles. The Bertz CT molecular complexity index is 841. The standard InChI is InChI=1S/C19H22FN5/c1-14-11-19(22-13-21-14)24(2)10-4-5-17-12-18(25(3)23-17)15-6-8-16(20)9-7-15/h6-9,11-13H,4-5,10H2,1-3H3. The van der Waals surface area contributed by atoms with Crippen molar-refractivity contribution >= 4 is 5.82 Å². The van der Waals surface area contributed by atoms with Gasteiger partial charge in [-0.25, -0.2) is 14.4 Å². The molecular weight excluding hydrogens is 317 g/mol. The Hall–Kier alpha value is -2.76. The maximum atomic E-state index is 13.1. The van der Waals surface area contributed by atoms with E-state index in [0.29, 0.717) is 0 Å².